The number of ether oxygens (including phenoxy) is 1. The minimum atomic E-state index is -0.825. The Morgan fingerprint density at radius 1 is 1.17 bits per heavy atom. The number of fused-ring (bicyclic) bond motifs is 3. The number of aliphatic carboxylic acids is 1. The SMILES string of the molecule is COC(C(=O)N(C)[C@@H]1CCc2c(CC(=O)O)c3ccccc3n2C1)c1ccccc1. The highest BCUT2D eigenvalue weighted by atomic mass is 16.5. The number of hydrogen-bond donors (Lipinski definition) is 1. The van der Waals surface area contributed by atoms with Crippen LogP contribution in [0.3, 0.4) is 0 Å². The second-order valence-electron chi connectivity index (χ2n) is 7.79. The van der Waals surface area contributed by atoms with E-state index in [1.807, 2.05) is 61.6 Å². The predicted molar refractivity (Wildman–Crippen MR) is 114 cm³/mol. The molecule has 2 atom stereocenters. The van der Waals surface area contributed by atoms with Crippen molar-refractivity contribution in [2.24, 2.45) is 0 Å². The van der Waals surface area contributed by atoms with Gasteiger partial charge in [-0.3, -0.25) is 9.59 Å². The first kappa shape index (κ1) is 20.2. The number of rotatable bonds is 6. The highest BCUT2D eigenvalue weighted by Gasteiger charge is 2.32. The first-order valence-corrected chi connectivity index (χ1v) is 10.2. The average molecular weight is 406 g/mol. The van der Waals surface area contributed by atoms with Crippen LogP contribution in [0.5, 0.6) is 0 Å². The van der Waals surface area contributed by atoms with E-state index in [0.717, 1.165) is 40.6 Å². The molecule has 2 aromatic carbocycles. The molecule has 0 saturated carbocycles. The van der Waals surface area contributed by atoms with Gasteiger partial charge in [0.1, 0.15) is 0 Å². The van der Waals surface area contributed by atoms with Gasteiger partial charge < -0.3 is 19.3 Å². The molecule has 0 spiro atoms. The summed E-state index contributed by atoms with van der Waals surface area (Å²) in [6, 6.07) is 17.4. The van der Waals surface area contributed by atoms with Gasteiger partial charge in [0.05, 0.1) is 6.42 Å². The normalized spacial score (nSPS) is 16.8. The maximum absolute atomic E-state index is 13.2. The Kier molecular flexibility index (Phi) is 5.59. The first-order valence-electron chi connectivity index (χ1n) is 10.2. The molecule has 6 heteroatoms. The zero-order chi connectivity index (χ0) is 21.3. The predicted octanol–water partition coefficient (Wildman–Crippen LogP) is 3.43. The molecule has 0 bridgehead atoms. The van der Waals surface area contributed by atoms with Crippen LogP contribution in [0.1, 0.15) is 29.3 Å². The summed E-state index contributed by atoms with van der Waals surface area (Å²) in [5.74, 6) is -0.895. The molecule has 1 aromatic heterocycles. The lowest BCUT2D eigenvalue weighted by Crippen LogP contribution is -2.44. The van der Waals surface area contributed by atoms with Crippen LogP contribution in [0, 0.1) is 0 Å². The third-order valence-corrected chi connectivity index (χ3v) is 6.09. The highest BCUT2D eigenvalue weighted by Crippen LogP contribution is 2.33. The number of para-hydroxylation sites is 1. The molecular weight excluding hydrogens is 380 g/mol. The molecule has 0 saturated heterocycles. The van der Waals surface area contributed by atoms with Gasteiger partial charge in [0, 0.05) is 43.3 Å². The van der Waals surface area contributed by atoms with Gasteiger partial charge in [0.15, 0.2) is 6.10 Å². The van der Waals surface area contributed by atoms with Crippen LogP contribution in [0.25, 0.3) is 10.9 Å². The van der Waals surface area contributed by atoms with Crippen molar-refractivity contribution in [3.8, 4) is 0 Å². The zero-order valence-electron chi connectivity index (χ0n) is 17.2. The summed E-state index contributed by atoms with van der Waals surface area (Å²) in [6.45, 7) is 0.642. The number of carbonyl (C=O) groups excluding carboxylic acids is 1. The van der Waals surface area contributed by atoms with E-state index in [1.165, 1.54) is 0 Å². The molecule has 1 N–H and O–H groups in total. The molecule has 30 heavy (non-hydrogen) atoms. The standard InChI is InChI=1S/C24H26N2O4/c1-25(24(29)23(30-2)16-8-4-3-5-9-16)17-12-13-21-19(14-22(27)28)18-10-6-7-11-20(18)26(21)15-17/h3-11,17,23H,12-15H2,1-2H3,(H,27,28)/t17-,23?/m1/s1. The van der Waals surface area contributed by atoms with Gasteiger partial charge >= 0.3 is 5.97 Å². The lowest BCUT2D eigenvalue weighted by Gasteiger charge is -2.35. The van der Waals surface area contributed by atoms with Gasteiger partial charge in [-0.2, -0.15) is 0 Å². The molecule has 0 radical (unpaired) electrons. The summed E-state index contributed by atoms with van der Waals surface area (Å²) in [7, 11) is 3.39. The Bertz CT molecular complexity index is 1070. The number of carbonyl (C=O) groups is 2. The second kappa shape index (κ2) is 8.32. The topological polar surface area (TPSA) is 71.8 Å². The molecule has 156 valence electrons. The summed E-state index contributed by atoms with van der Waals surface area (Å²) < 4.78 is 7.72. The molecule has 0 aliphatic carbocycles. The first-order chi connectivity index (χ1) is 14.5. The van der Waals surface area contributed by atoms with E-state index in [2.05, 4.69) is 4.57 Å². The van der Waals surface area contributed by atoms with Gasteiger partial charge in [-0.05, 0) is 30.0 Å². The van der Waals surface area contributed by atoms with Crippen LogP contribution < -0.4 is 0 Å². The molecule has 6 nitrogen and oxygen atoms in total. The van der Waals surface area contributed by atoms with E-state index in [-0.39, 0.29) is 18.4 Å². The molecule has 1 unspecified atom stereocenters. The van der Waals surface area contributed by atoms with Crippen molar-refractivity contribution in [1.82, 2.24) is 9.47 Å². The van der Waals surface area contributed by atoms with Crippen LogP contribution >= 0.6 is 0 Å². The molecular formula is C24H26N2O4. The number of aromatic nitrogens is 1. The summed E-state index contributed by atoms with van der Waals surface area (Å²) in [5.41, 5.74) is 3.83. The number of methoxy groups -OCH3 is 1. The molecule has 0 fully saturated rings. The number of benzene rings is 2. The highest BCUT2D eigenvalue weighted by molar-refractivity contribution is 5.89. The number of hydrogen-bond acceptors (Lipinski definition) is 3. The number of carboxylic acids is 1. The van der Waals surface area contributed by atoms with Crippen LogP contribution in [-0.2, 0) is 33.7 Å². The van der Waals surface area contributed by atoms with E-state index < -0.39 is 12.1 Å². The molecule has 3 aromatic rings. The fourth-order valence-corrected chi connectivity index (χ4v) is 4.56. The fourth-order valence-electron chi connectivity index (χ4n) is 4.56. The van der Waals surface area contributed by atoms with E-state index in [0.29, 0.717) is 6.54 Å². The smallest absolute Gasteiger partial charge is 0.307 e. The minimum Gasteiger partial charge on any atom is -0.481 e. The Labute approximate surface area is 175 Å². The molecule has 4 rings (SSSR count). The summed E-state index contributed by atoms with van der Waals surface area (Å²) in [6.07, 6.45) is 0.905. The third kappa shape index (κ3) is 3.59. The van der Waals surface area contributed by atoms with Crippen molar-refractivity contribution in [3.63, 3.8) is 0 Å². The van der Waals surface area contributed by atoms with E-state index in [9.17, 15) is 14.7 Å². The molecule has 1 aliphatic rings. The van der Waals surface area contributed by atoms with Crippen LogP contribution in [0.15, 0.2) is 54.6 Å². The maximum Gasteiger partial charge on any atom is 0.307 e. The van der Waals surface area contributed by atoms with Crippen molar-refractivity contribution in [2.45, 2.75) is 38.0 Å². The molecule has 1 aliphatic heterocycles. The minimum absolute atomic E-state index is 0.0137. The third-order valence-electron chi connectivity index (χ3n) is 6.09. The number of nitrogens with zero attached hydrogens (tertiary/aromatic N) is 2. The van der Waals surface area contributed by atoms with Crippen molar-refractivity contribution < 1.29 is 19.4 Å². The summed E-state index contributed by atoms with van der Waals surface area (Å²) in [5, 5.41) is 10.4. The van der Waals surface area contributed by atoms with Crippen molar-refractivity contribution in [2.75, 3.05) is 14.2 Å². The average Bonchev–Trinajstić information content (AvgIpc) is 3.07. The Morgan fingerprint density at radius 3 is 2.57 bits per heavy atom. The number of carboxylic acid groups (broad SMARTS) is 1. The van der Waals surface area contributed by atoms with Gasteiger partial charge in [-0.15, -0.1) is 0 Å². The quantitative estimate of drug-likeness (QED) is 0.681. The molecule has 2 heterocycles. The Hall–Kier alpha value is -3.12. The fraction of sp³-hybridized carbons (Fsp3) is 0.333. The lowest BCUT2D eigenvalue weighted by atomic mass is 9.98. The summed E-state index contributed by atoms with van der Waals surface area (Å²) >= 11 is 0. The number of likely N-dealkylation sites (N-methyl/N-ethyl adjacent to an activating group) is 1. The second-order valence-corrected chi connectivity index (χ2v) is 7.79. The van der Waals surface area contributed by atoms with Gasteiger partial charge in [-0.1, -0.05) is 48.5 Å². The van der Waals surface area contributed by atoms with Gasteiger partial charge in [0.2, 0.25) is 0 Å². The largest absolute Gasteiger partial charge is 0.481 e. The Balaban J connectivity index is 1.62. The zero-order valence-corrected chi connectivity index (χ0v) is 17.2. The van der Waals surface area contributed by atoms with E-state index >= 15 is 0 Å². The van der Waals surface area contributed by atoms with E-state index in [4.69, 9.17) is 4.74 Å². The van der Waals surface area contributed by atoms with Crippen LogP contribution in [0.4, 0.5) is 0 Å². The maximum atomic E-state index is 13.2. The number of amides is 1. The van der Waals surface area contributed by atoms with Crippen molar-refractivity contribution >= 4 is 22.8 Å². The Morgan fingerprint density at radius 2 is 1.87 bits per heavy atom. The van der Waals surface area contributed by atoms with Gasteiger partial charge in [0.25, 0.3) is 5.91 Å². The molecule has 1 amide bonds. The van der Waals surface area contributed by atoms with E-state index in [1.54, 1.807) is 12.0 Å². The summed E-state index contributed by atoms with van der Waals surface area (Å²) in [4.78, 5) is 26.4. The lowest BCUT2D eigenvalue weighted by molar-refractivity contribution is -0.143. The monoisotopic (exact) mass is 406 g/mol. The van der Waals surface area contributed by atoms with Crippen LogP contribution in [-0.4, -0.2) is 46.6 Å². The van der Waals surface area contributed by atoms with Gasteiger partial charge in [-0.25, -0.2) is 0 Å². The van der Waals surface area contributed by atoms with Crippen molar-refractivity contribution in [1.29, 1.82) is 0 Å². The van der Waals surface area contributed by atoms with Crippen molar-refractivity contribution in [3.05, 3.63) is 71.4 Å². The van der Waals surface area contributed by atoms with Crippen LogP contribution in [0.2, 0.25) is 0 Å².